The molecule has 1 rings (SSSR count). The molecule has 1 aliphatic rings. The topological polar surface area (TPSA) is 0 Å². The molecule has 0 aliphatic heterocycles. The molecule has 4 atom stereocenters. The third-order valence-electron chi connectivity index (χ3n) is 2.76. The second kappa shape index (κ2) is 3.24. The van der Waals surface area contributed by atoms with Gasteiger partial charge in [0.2, 0.25) is 0 Å². The Hall–Kier alpha value is 0.470. The molecule has 0 aromatic carbocycles. The summed E-state index contributed by atoms with van der Waals surface area (Å²) in [5.74, 6) is 2.48. The summed E-state index contributed by atoms with van der Waals surface area (Å²) in [6, 6.07) is 0. The summed E-state index contributed by atoms with van der Waals surface area (Å²) < 4.78 is 0.754. The molecule has 0 saturated heterocycles. The minimum absolute atomic E-state index is 0.754. The van der Waals surface area contributed by atoms with Crippen LogP contribution in [0.1, 0.15) is 20.8 Å². The number of rotatable bonds is 0. The molecule has 0 heterocycles. The summed E-state index contributed by atoms with van der Waals surface area (Å²) in [6.45, 7) is 7.01. The van der Waals surface area contributed by atoms with Gasteiger partial charge in [0.15, 0.2) is 0 Å². The lowest BCUT2D eigenvalue weighted by atomic mass is 9.79. The quantitative estimate of drug-likeness (QED) is 0.351. The number of alkyl halides is 1. The lowest BCUT2D eigenvalue weighted by Crippen LogP contribution is -2.25. The maximum absolute atomic E-state index is 2.52. The lowest BCUT2D eigenvalue weighted by molar-refractivity contribution is 0.317. The van der Waals surface area contributed by atoms with Crippen molar-refractivity contribution >= 4 is 22.6 Å². The minimum Gasteiger partial charge on any atom is -0.0844 e. The van der Waals surface area contributed by atoms with Gasteiger partial charge in [-0.15, -0.1) is 0 Å². The highest BCUT2D eigenvalue weighted by Gasteiger charge is 2.25. The molecule has 0 radical (unpaired) electrons. The first-order chi connectivity index (χ1) is 4.63. The number of hydrogen-bond donors (Lipinski definition) is 0. The Kier molecular flexibility index (Phi) is 2.78. The Labute approximate surface area is 77.2 Å². The van der Waals surface area contributed by atoms with Gasteiger partial charge >= 0.3 is 0 Å². The van der Waals surface area contributed by atoms with E-state index in [9.17, 15) is 0 Å². The first kappa shape index (κ1) is 8.57. The van der Waals surface area contributed by atoms with Crippen molar-refractivity contribution in [3.8, 4) is 0 Å². The second-order valence-electron chi connectivity index (χ2n) is 3.41. The largest absolute Gasteiger partial charge is 0.0844 e. The molecule has 0 nitrogen and oxygen atoms in total. The van der Waals surface area contributed by atoms with E-state index in [1.54, 1.807) is 0 Å². The fraction of sp³-hybridized carbons (Fsp3) is 0.778. The van der Waals surface area contributed by atoms with Crippen molar-refractivity contribution in [2.45, 2.75) is 24.7 Å². The van der Waals surface area contributed by atoms with Gasteiger partial charge in [0.05, 0.1) is 0 Å². The summed E-state index contributed by atoms with van der Waals surface area (Å²) in [5, 5.41) is 0. The molecular weight excluding hydrogens is 235 g/mol. The van der Waals surface area contributed by atoms with E-state index < -0.39 is 0 Å². The third kappa shape index (κ3) is 1.55. The van der Waals surface area contributed by atoms with Crippen molar-refractivity contribution in [3.63, 3.8) is 0 Å². The highest BCUT2D eigenvalue weighted by molar-refractivity contribution is 14.1. The van der Waals surface area contributed by atoms with Gasteiger partial charge in [0.1, 0.15) is 0 Å². The van der Waals surface area contributed by atoms with Crippen LogP contribution in [-0.2, 0) is 0 Å². The van der Waals surface area contributed by atoms with Gasteiger partial charge in [-0.2, -0.15) is 0 Å². The van der Waals surface area contributed by atoms with Gasteiger partial charge in [-0.3, -0.25) is 0 Å². The van der Waals surface area contributed by atoms with Crippen molar-refractivity contribution in [1.29, 1.82) is 0 Å². The summed E-state index contributed by atoms with van der Waals surface area (Å²) in [7, 11) is 0. The number of allylic oxidation sites excluding steroid dienone is 2. The fourth-order valence-corrected chi connectivity index (χ4v) is 2.30. The monoisotopic (exact) mass is 250 g/mol. The Bertz CT molecular complexity index is 124. The van der Waals surface area contributed by atoms with Crippen LogP contribution >= 0.6 is 22.6 Å². The molecule has 0 N–H and O–H groups in total. The zero-order chi connectivity index (χ0) is 7.72. The van der Waals surface area contributed by atoms with Crippen molar-refractivity contribution in [3.05, 3.63) is 12.2 Å². The van der Waals surface area contributed by atoms with Crippen LogP contribution < -0.4 is 0 Å². The molecule has 58 valence electrons. The molecular formula is C9H15I. The van der Waals surface area contributed by atoms with Crippen molar-refractivity contribution in [1.82, 2.24) is 0 Å². The van der Waals surface area contributed by atoms with Gasteiger partial charge in [0.25, 0.3) is 0 Å². The van der Waals surface area contributed by atoms with Crippen molar-refractivity contribution in [2.24, 2.45) is 17.8 Å². The molecule has 0 aromatic heterocycles. The van der Waals surface area contributed by atoms with Crippen LogP contribution in [0.5, 0.6) is 0 Å². The predicted molar refractivity (Wildman–Crippen MR) is 54.4 cm³/mol. The van der Waals surface area contributed by atoms with E-state index in [1.807, 2.05) is 0 Å². The third-order valence-corrected chi connectivity index (χ3v) is 4.31. The maximum atomic E-state index is 2.52. The summed E-state index contributed by atoms with van der Waals surface area (Å²) in [4.78, 5) is 0. The molecule has 0 fully saturated rings. The molecule has 0 amide bonds. The highest BCUT2D eigenvalue weighted by atomic mass is 127. The predicted octanol–water partition coefficient (Wildman–Crippen LogP) is 3.27. The Morgan fingerprint density at radius 3 is 2.10 bits per heavy atom. The second-order valence-corrected chi connectivity index (χ2v) is 4.85. The fourth-order valence-electron chi connectivity index (χ4n) is 1.40. The van der Waals surface area contributed by atoms with Crippen LogP contribution in [0, 0.1) is 17.8 Å². The van der Waals surface area contributed by atoms with Crippen LogP contribution in [0.2, 0.25) is 0 Å². The lowest BCUT2D eigenvalue weighted by Gasteiger charge is -2.30. The average Bonchev–Trinajstić information content (AvgIpc) is 1.93. The van der Waals surface area contributed by atoms with E-state index >= 15 is 0 Å². The normalized spacial score (nSPS) is 47.6. The first-order valence-electron chi connectivity index (χ1n) is 3.95. The van der Waals surface area contributed by atoms with Gasteiger partial charge in [-0.1, -0.05) is 55.5 Å². The van der Waals surface area contributed by atoms with Crippen LogP contribution in [0.3, 0.4) is 0 Å². The molecule has 1 aliphatic carbocycles. The Morgan fingerprint density at radius 2 is 1.60 bits per heavy atom. The van der Waals surface area contributed by atoms with Gasteiger partial charge in [-0.05, 0) is 17.8 Å². The van der Waals surface area contributed by atoms with Gasteiger partial charge in [-0.25, -0.2) is 0 Å². The zero-order valence-corrected chi connectivity index (χ0v) is 9.00. The summed E-state index contributed by atoms with van der Waals surface area (Å²) >= 11 is 2.52. The highest BCUT2D eigenvalue weighted by Crippen LogP contribution is 2.33. The first-order valence-corrected chi connectivity index (χ1v) is 5.20. The molecule has 0 bridgehead atoms. The van der Waals surface area contributed by atoms with Gasteiger partial charge in [0, 0.05) is 3.92 Å². The molecule has 0 spiro atoms. The van der Waals surface area contributed by atoms with E-state index in [0.29, 0.717) is 0 Å². The Balaban J connectivity index is 2.69. The van der Waals surface area contributed by atoms with E-state index in [1.165, 1.54) is 0 Å². The van der Waals surface area contributed by atoms with Crippen LogP contribution in [0.4, 0.5) is 0 Å². The zero-order valence-electron chi connectivity index (χ0n) is 6.84. The van der Waals surface area contributed by atoms with Crippen molar-refractivity contribution in [2.75, 3.05) is 0 Å². The van der Waals surface area contributed by atoms with Crippen LogP contribution in [0.25, 0.3) is 0 Å². The minimum atomic E-state index is 0.754. The van der Waals surface area contributed by atoms with Crippen LogP contribution in [0.15, 0.2) is 12.2 Å². The van der Waals surface area contributed by atoms with Crippen LogP contribution in [-0.4, -0.2) is 3.92 Å². The molecule has 0 saturated carbocycles. The molecule has 3 unspecified atom stereocenters. The Morgan fingerprint density at radius 1 is 1.00 bits per heavy atom. The van der Waals surface area contributed by atoms with Gasteiger partial charge < -0.3 is 0 Å². The molecule has 10 heavy (non-hydrogen) atoms. The summed E-state index contributed by atoms with van der Waals surface area (Å²) in [5.41, 5.74) is 0. The van der Waals surface area contributed by atoms with Crippen molar-refractivity contribution < 1.29 is 0 Å². The smallest absolute Gasteiger partial charge is 0.0317 e. The maximum Gasteiger partial charge on any atom is 0.0317 e. The molecule has 1 heteroatoms. The SMILES string of the molecule is CC1C(I)C=C[C@@H](C)C1C. The molecule has 0 aromatic rings. The summed E-state index contributed by atoms with van der Waals surface area (Å²) in [6.07, 6.45) is 4.69. The van der Waals surface area contributed by atoms with E-state index in [4.69, 9.17) is 0 Å². The standard InChI is InChI=1S/C9H15I/c1-6-4-5-9(10)8(3)7(6)2/h4-9H,1-3H3/t6-,7?,8?,9?/m1/s1. The van der Waals surface area contributed by atoms with E-state index in [2.05, 4.69) is 55.5 Å². The van der Waals surface area contributed by atoms with E-state index in [0.717, 1.165) is 21.7 Å². The number of halogens is 1. The van der Waals surface area contributed by atoms with E-state index in [-0.39, 0.29) is 0 Å². The average molecular weight is 250 g/mol. The number of hydrogen-bond acceptors (Lipinski definition) is 0.